The SMILES string of the molecule is C[C@@H](Nc1ncnc2c1cnn2CCO)[C@H]1CCCO1. The maximum Gasteiger partial charge on any atom is 0.163 e. The van der Waals surface area contributed by atoms with Gasteiger partial charge in [-0.2, -0.15) is 5.10 Å². The molecular weight excluding hydrogens is 258 g/mol. The van der Waals surface area contributed by atoms with Crippen LogP contribution in [0.25, 0.3) is 11.0 Å². The lowest BCUT2D eigenvalue weighted by atomic mass is 10.1. The molecule has 0 amide bonds. The maximum atomic E-state index is 9.02. The van der Waals surface area contributed by atoms with E-state index in [9.17, 15) is 0 Å². The van der Waals surface area contributed by atoms with Gasteiger partial charge in [0.25, 0.3) is 0 Å². The number of ether oxygens (including phenoxy) is 1. The summed E-state index contributed by atoms with van der Waals surface area (Å²) in [5.41, 5.74) is 0.732. The Balaban J connectivity index is 1.84. The van der Waals surface area contributed by atoms with Gasteiger partial charge in [0.2, 0.25) is 0 Å². The first-order valence-electron chi connectivity index (χ1n) is 6.95. The van der Waals surface area contributed by atoms with E-state index in [1.807, 2.05) is 0 Å². The van der Waals surface area contributed by atoms with Crippen LogP contribution in [0.5, 0.6) is 0 Å². The third-order valence-corrected chi connectivity index (χ3v) is 3.63. The van der Waals surface area contributed by atoms with Crippen molar-refractivity contribution in [2.75, 3.05) is 18.5 Å². The van der Waals surface area contributed by atoms with Crippen molar-refractivity contribution in [3.05, 3.63) is 12.5 Å². The molecule has 0 saturated carbocycles. The fourth-order valence-electron chi connectivity index (χ4n) is 2.57. The first kappa shape index (κ1) is 13.3. The summed E-state index contributed by atoms with van der Waals surface area (Å²) in [5, 5.41) is 17.5. The Morgan fingerprint density at radius 2 is 2.45 bits per heavy atom. The van der Waals surface area contributed by atoms with Crippen LogP contribution >= 0.6 is 0 Å². The normalized spacial score (nSPS) is 20.4. The third-order valence-electron chi connectivity index (χ3n) is 3.63. The molecule has 1 aliphatic rings. The lowest BCUT2D eigenvalue weighted by Crippen LogP contribution is -2.30. The van der Waals surface area contributed by atoms with Gasteiger partial charge in [-0.25, -0.2) is 14.6 Å². The Morgan fingerprint density at radius 1 is 1.55 bits per heavy atom. The smallest absolute Gasteiger partial charge is 0.163 e. The van der Waals surface area contributed by atoms with Crippen LogP contribution in [0.4, 0.5) is 5.82 Å². The van der Waals surface area contributed by atoms with E-state index in [4.69, 9.17) is 9.84 Å². The van der Waals surface area contributed by atoms with E-state index < -0.39 is 0 Å². The van der Waals surface area contributed by atoms with Crippen LogP contribution in [0.2, 0.25) is 0 Å². The number of aliphatic hydroxyl groups excluding tert-OH is 1. The summed E-state index contributed by atoms with van der Waals surface area (Å²) < 4.78 is 7.36. The average Bonchev–Trinajstić information content (AvgIpc) is 3.09. The van der Waals surface area contributed by atoms with Gasteiger partial charge in [0.05, 0.1) is 36.9 Å². The fraction of sp³-hybridized carbons (Fsp3) is 0.615. The molecule has 2 aromatic rings. The van der Waals surface area contributed by atoms with Gasteiger partial charge in [-0.15, -0.1) is 0 Å². The van der Waals surface area contributed by atoms with Crippen LogP contribution in [0.1, 0.15) is 19.8 Å². The molecule has 2 N–H and O–H groups in total. The predicted molar refractivity (Wildman–Crippen MR) is 74.5 cm³/mol. The summed E-state index contributed by atoms with van der Waals surface area (Å²) in [4.78, 5) is 8.53. The Hall–Kier alpha value is -1.73. The van der Waals surface area contributed by atoms with Crippen molar-refractivity contribution in [3.8, 4) is 0 Å². The van der Waals surface area contributed by atoms with Crippen LogP contribution in [-0.4, -0.2) is 50.2 Å². The largest absolute Gasteiger partial charge is 0.394 e. The summed E-state index contributed by atoms with van der Waals surface area (Å²) >= 11 is 0. The average molecular weight is 277 g/mol. The lowest BCUT2D eigenvalue weighted by Gasteiger charge is -2.20. The fourth-order valence-corrected chi connectivity index (χ4v) is 2.57. The predicted octanol–water partition coefficient (Wildman–Crippen LogP) is 0.798. The quantitative estimate of drug-likeness (QED) is 0.841. The summed E-state index contributed by atoms with van der Waals surface area (Å²) in [6, 6.07) is 0.191. The highest BCUT2D eigenvalue weighted by Gasteiger charge is 2.23. The second-order valence-corrected chi connectivity index (χ2v) is 5.04. The molecule has 3 heterocycles. The Kier molecular flexibility index (Phi) is 3.79. The number of rotatable bonds is 5. The second-order valence-electron chi connectivity index (χ2n) is 5.04. The topological polar surface area (TPSA) is 85.1 Å². The van der Waals surface area contributed by atoms with Crippen LogP contribution in [0, 0.1) is 0 Å². The Morgan fingerprint density at radius 3 is 3.20 bits per heavy atom. The number of aromatic nitrogens is 4. The van der Waals surface area contributed by atoms with Gasteiger partial charge >= 0.3 is 0 Å². The van der Waals surface area contributed by atoms with Crippen molar-refractivity contribution in [2.45, 2.75) is 38.5 Å². The highest BCUT2D eigenvalue weighted by atomic mass is 16.5. The van der Waals surface area contributed by atoms with E-state index in [1.165, 1.54) is 6.33 Å². The van der Waals surface area contributed by atoms with E-state index >= 15 is 0 Å². The summed E-state index contributed by atoms with van der Waals surface area (Å²) in [7, 11) is 0. The second kappa shape index (κ2) is 5.72. The van der Waals surface area contributed by atoms with E-state index in [0.717, 1.165) is 36.3 Å². The molecule has 2 atom stereocenters. The summed E-state index contributed by atoms with van der Waals surface area (Å²) in [6.07, 6.45) is 5.67. The van der Waals surface area contributed by atoms with E-state index in [0.29, 0.717) is 6.54 Å². The number of hydrogen-bond acceptors (Lipinski definition) is 6. The zero-order chi connectivity index (χ0) is 13.9. The van der Waals surface area contributed by atoms with Crippen molar-refractivity contribution in [1.82, 2.24) is 19.7 Å². The summed E-state index contributed by atoms with van der Waals surface area (Å²) in [6.45, 7) is 3.41. The monoisotopic (exact) mass is 277 g/mol. The minimum absolute atomic E-state index is 0.0376. The van der Waals surface area contributed by atoms with Gasteiger partial charge in [0.1, 0.15) is 12.1 Å². The molecular formula is C13H19N5O2. The number of aliphatic hydroxyl groups is 1. The van der Waals surface area contributed by atoms with E-state index in [2.05, 4.69) is 27.3 Å². The van der Waals surface area contributed by atoms with Crippen LogP contribution < -0.4 is 5.32 Å². The zero-order valence-corrected chi connectivity index (χ0v) is 11.5. The number of anilines is 1. The van der Waals surface area contributed by atoms with Crippen LogP contribution in [0.3, 0.4) is 0 Å². The standard InChI is InChI=1S/C13H19N5O2/c1-9(11-3-2-6-20-11)17-12-10-7-16-18(4-5-19)13(10)15-8-14-12/h7-9,11,19H,2-6H2,1H3,(H,14,15,17)/t9-,11-/m1/s1. The molecule has 1 saturated heterocycles. The van der Waals surface area contributed by atoms with Crippen LogP contribution in [-0.2, 0) is 11.3 Å². The molecule has 1 fully saturated rings. The van der Waals surface area contributed by atoms with Crippen molar-refractivity contribution in [1.29, 1.82) is 0 Å². The molecule has 0 unspecified atom stereocenters. The number of fused-ring (bicyclic) bond motifs is 1. The molecule has 0 bridgehead atoms. The van der Waals surface area contributed by atoms with Gasteiger partial charge < -0.3 is 15.2 Å². The van der Waals surface area contributed by atoms with E-state index in [1.54, 1.807) is 10.9 Å². The first-order valence-corrected chi connectivity index (χ1v) is 6.95. The molecule has 0 aliphatic carbocycles. The van der Waals surface area contributed by atoms with Crippen molar-refractivity contribution in [3.63, 3.8) is 0 Å². The Labute approximate surface area is 117 Å². The summed E-state index contributed by atoms with van der Waals surface area (Å²) in [5.74, 6) is 0.766. The highest BCUT2D eigenvalue weighted by Crippen LogP contribution is 2.22. The first-order chi connectivity index (χ1) is 9.79. The van der Waals surface area contributed by atoms with E-state index in [-0.39, 0.29) is 18.8 Å². The molecule has 7 nitrogen and oxygen atoms in total. The van der Waals surface area contributed by atoms with Gasteiger partial charge in [0.15, 0.2) is 5.65 Å². The molecule has 2 aromatic heterocycles. The van der Waals surface area contributed by atoms with Gasteiger partial charge in [-0.1, -0.05) is 0 Å². The molecule has 7 heteroatoms. The van der Waals surface area contributed by atoms with Gasteiger partial charge in [-0.3, -0.25) is 0 Å². The zero-order valence-electron chi connectivity index (χ0n) is 11.5. The number of nitrogens with one attached hydrogen (secondary N) is 1. The van der Waals surface area contributed by atoms with Crippen molar-refractivity contribution in [2.24, 2.45) is 0 Å². The Bertz CT molecular complexity index is 579. The maximum absolute atomic E-state index is 9.02. The van der Waals surface area contributed by atoms with Gasteiger partial charge in [-0.05, 0) is 19.8 Å². The van der Waals surface area contributed by atoms with Gasteiger partial charge in [0, 0.05) is 6.61 Å². The molecule has 108 valence electrons. The minimum atomic E-state index is 0.0376. The van der Waals surface area contributed by atoms with Crippen molar-refractivity contribution < 1.29 is 9.84 Å². The highest BCUT2D eigenvalue weighted by molar-refractivity contribution is 5.86. The minimum Gasteiger partial charge on any atom is -0.394 e. The molecule has 20 heavy (non-hydrogen) atoms. The number of nitrogens with zero attached hydrogens (tertiary/aromatic N) is 4. The lowest BCUT2D eigenvalue weighted by molar-refractivity contribution is 0.0996. The third kappa shape index (κ3) is 2.46. The number of hydrogen-bond donors (Lipinski definition) is 2. The molecule has 3 rings (SSSR count). The molecule has 0 radical (unpaired) electrons. The van der Waals surface area contributed by atoms with Crippen LogP contribution in [0.15, 0.2) is 12.5 Å². The molecule has 0 aromatic carbocycles. The van der Waals surface area contributed by atoms with Crippen molar-refractivity contribution >= 4 is 16.9 Å². The molecule has 0 spiro atoms. The molecule has 1 aliphatic heterocycles.